The maximum Gasteiger partial charge on any atom is 0.349 e. The van der Waals surface area contributed by atoms with Crippen LogP contribution in [-0.2, 0) is 5.38 Å². The van der Waals surface area contributed by atoms with Gasteiger partial charge in [0, 0.05) is 12.7 Å². The van der Waals surface area contributed by atoms with Crippen LogP contribution in [-0.4, -0.2) is 11.5 Å². The van der Waals surface area contributed by atoms with Crippen molar-refractivity contribution in [2.24, 2.45) is 0 Å². The molecular formula is C8H9ClF2N2. The highest BCUT2D eigenvalue weighted by Gasteiger charge is 2.27. The maximum atomic E-state index is 12.5. The van der Waals surface area contributed by atoms with Gasteiger partial charge in [-0.25, -0.2) is 4.98 Å². The molecule has 0 aromatic carbocycles. The highest BCUT2D eigenvalue weighted by atomic mass is 35.5. The molecule has 1 heterocycles. The molecule has 2 nitrogen and oxygen atoms in total. The van der Waals surface area contributed by atoms with Gasteiger partial charge >= 0.3 is 5.38 Å². The van der Waals surface area contributed by atoms with E-state index in [4.69, 9.17) is 11.6 Å². The summed E-state index contributed by atoms with van der Waals surface area (Å²) >= 11 is 4.79. The lowest BCUT2D eigenvalue weighted by molar-refractivity contribution is 0.0947. The Hall–Kier alpha value is -0.900. The highest BCUT2D eigenvalue weighted by Crippen LogP contribution is 2.31. The van der Waals surface area contributed by atoms with Gasteiger partial charge in [0.2, 0.25) is 0 Å². The molecule has 0 bridgehead atoms. The first-order chi connectivity index (χ1) is 6.04. The zero-order valence-corrected chi connectivity index (χ0v) is 7.78. The average molecular weight is 207 g/mol. The van der Waals surface area contributed by atoms with E-state index >= 15 is 0 Å². The minimum absolute atomic E-state index is 0.296. The highest BCUT2D eigenvalue weighted by molar-refractivity contribution is 6.21. The summed E-state index contributed by atoms with van der Waals surface area (Å²) in [5, 5.41) is -0.448. The number of aromatic nitrogens is 1. The lowest BCUT2D eigenvalue weighted by Crippen LogP contribution is -2.05. The standard InChI is InChI=1S/C8H9ClF2N2/c1-2-12-7-4-3-6(5-13-7)8(9,10)11/h3-5H,2H2,1H3,(H,12,13). The van der Waals surface area contributed by atoms with Crippen LogP contribution < -0.4 is 5.32 Å². The average Bonchev–Trinajstić information content (AvgIpc) is 2.04. The molecule has 5 heteroatoms. The molecular weight excluding hydrogens is 198 g/mol. The minimum Gasteiger partial charge on any atom is -0.370 e. The van der Waals surface area contributed by atoms with Crippen molar-refractivity contribution in [1.82, 2.24) is 4.98 Å². The molecule has 13 heavy (non-hydrogen) atoms. The van der Waals surface area contributed by atoms with E-state index in [9.17, 15) is 8.78 Å². The second-order valence-corrected chi connectivity index (χ2v) is 2.93. The quantitative estimate of drug-likeness (QED) is 0.770. The normalized spacial score (nSPS) is 11.4. The van der Waals surface area contributed by atoms with Crippen LogP contribution in [0.2, 0.25) is 0 Å². The SMILES string of the molecule is CCNc1ccc(C(F)(F)Cl)cn1. The number of anilines is 1. The van der Waals surface area contributed by atoms with Crippen LogP contribution in [0.5, 0.6) is 0 Å². The number of halogens is 3. The van der Waals surface area contributed by atoms with E-state index in [0.29, 0.717) is 12.4 Å². The molecule has 0 saturated carbocycles. The molecule has 1 aromatic rings. The molecule has 1 rings (SSSR count). The van der Waals surface area contributed by atoms with Crippen LogP contribution in [0.25, 0.3) is 0 Å². The largest absolute Gasteiger partial charge is 0.370 e. The number of nitrogens with zero attached hydrogens (tertiary/aromatic N) is 1. The number of rotatable bonds is 3. The Morgan fingerprint density at radius 3 is 2.62 bits per heavy atom. The van der Waals surface area contributed by atoms with Gasteiger partial charge in [0.25, 0.3) is 0 Å². The van der Waals surface area contributed by atoms with Gasteiger partial charge in [0.15, 0.2) is 0 Å². The van der Waals surface area contributed by atoms with Gasteiger partial charge in [0.05, 0.1) is 5.56 Å². The second kappa shape index (κ2) is 3.87. The van der Waals surface area contributed by atoms with Gasteiger partial charge in [0.1, 0.15) is 5.82 Å². The first-order valence-electron chi connectivity index (χ1n) is 3.81. The topological polar surface area (TPSA) is 24.9 Å². The summed E-state index contributed by atoms with van der Waals surface area (Å²) < 4.78 is 25.0. The summed E-state index contributed by atoms with van der Waals surface area (Å²) in [5.74, 6) is 0.562. The summed E-state index contributed by atoms with van der Waals surface area (Å²) in [4.78, 5) is 3.76. The van der Waals surface area contributed by atoms with Crippen LogP contribution in [0.4, 0.5) is 14.6 Å². The number of pyridine rings is 1. The molecule has 0 aliphatic carbocycles. The second-order valence-electron chi connectivity index (χ2n) is 2.46. The Balaban J connectivity index is 2.81. The Morgan fingerprint density at radius 1 is 1.54 bits per heavy atom. The van der Waals surface area contributed by atoms with Gasteiger partial charge in [-0.05, 0) is 30.7 Å². The van der Waals surface area contributed by atoms with Gasteiger partial charge in [-0.15, -0.1) is 0 Å². The van der Waals surface area contributed by atoms with E-state index in [1.165, 1.54) is 12.1 Å². The Bertz CT molecular complexity index is 268. The molecule has 1 aromatic heterocycles. The van der Waals surface area contributed by atoms with Gasteiger partial charge in [-0.2, -0.15) is 8.78 Å². The zero-order chi connectivity index (χ0) is 9.90. The fourth-order valence-electron chi connectivity index (χ4n) is 0.847. The van der Waals surface area contributed by atoms with Crippen molar-refractivity contribution in [2.45, 2.75) is 12.3 Å². The summed E-state index contributed by atoms with van der Waals surface area (Å²) in [6.07, 6.45) is 1.06. The smallest absolute Gasteiger partial charge is 0.349 e. The fraction of sp³-hybridized carbons (Fsp3) is 0.375. The van der Waals surface area contributed by atoms with Gasteiger partial charge in [-0.1, -0.05) is 0 Å². The Morgan fingerprint density at radius 2 is 2.23 bits per heavy atom. The summed E-state index contributed by atoms with van der Waals surface area (Å²) in [5.41, 5.74) is -0.296. The molecule has 0 saturated heterocycles. The van der Waals surface area contributed by atoms with Crippen molar-refractivity contribution in [3.05, 3.63) is 23.9 Å². The van der Waals surface area contributed by atoms with E-state index in [0.717, 1.165) is 6.20 Å². The number of nitrogens with one attached hydrogen (secondary N) is 1. The molecule has 0 aliphatic rings. The molecule has 1 N–H and O–H groups in total. The van der Waals surface area contributed by atoms with E-state index in [-0.39, 0.29) is 5.56 Å². The van der Waals surface area contributed by atoms with Gasteiger partial charge in [-0.3, -0.25) is 0 Å². The predicted molar refractivity (Wildman–Crippen MR) is 48.1 cm³/mol. The zero-order valence-electron chi connectivity index (χ0n) is 7.02. The molecule has 0 spiro atoms. The van der Waals surface area contributed by atoms with Crippen LogP contribution in [0.3, 0.4) is 0 Å². The summed E-state index contributed by atoms with van der Waals surface area (Å²) in [6, 6.07) is 2.72. The molecule has 0 amide bonds. The lowest BCUT2D eigenvalue weighted by Gasteiger charge is -2.08. The summed E-state index contributed by atoms with van der Waals surface area (Å²) in [6.45, 7) is 2.59. The van der Waals surface area contributed by atoms with Crippen molar-refractivity contribution >= 4 is 17.4 Å². The van der Waals surface area contributed by atoms with Crippen LogP contribution in [0.15, 0.2) is 18.3 Å². The van der Waals surface area contributed by atoms with E-state index in [2.05, 4.69) is 10.3 Å². The van der Waals surface area contributed by atoms with Crippen LogP contribution in [0, 0.1) is 0 Å². The van der Waals surface area contributed by atoms with Crippen molar-refractivity contribution in [2.75, 3.05) is 11.9 Å². The summed E-state index contributed by atoms with van der Waals surface area (Å²) in [7, 11) is 0. The third-order valence-corrected chi connectivity index (χ3v) is 1.67. The monoisotopic (exact) mass is 206 g/mol. The first kappa shape index (κ1) is 10.2. The van der Waals surface area contributed by atoms with Crippen molar-refractivity contribution < 1.29 is 8.78 Å². The predicted octanol–water partition coefficient (Wildman–Crippen LogP) is 2.80. The van der Waals surface area contributed by atoms with Gasteiger partial charge < -0.3 is 5.32 Å². The maximum absolute atomic E-state index is 12.5. The third kappa shape index (κ3) is 2.81. The van der Waals surface area contributed by atoms with Crippen LogP contribution >= 0.6 is 11.6 Å². The number of hydrogen-bond acceptors (Lipinski definition) is 2. The van der Waals surface area contributed by atoms with Crippen molar-refractivity contribution in [3.8, 4) is 0 Å². The number of hydrogen-bond donors (Lipinski definition) is 1. The molecule has 0 atom stereocenters. The Kier molecular flexibility index (Phi) is 3.03. The molecule has 72 valence electrons. The van der Waals surface area contributed by atoms with E-state index < -0.39 is 5.38 Å². The lowest BCUT2D eigenvalue weighted by atomic mass is 10.3. The van der Waals surface area contributed by atoms with Crippen molar-refractivity contribution in [3.63, 3.8) is 0 Å². The molecule has 0 radical (unpaired) electrons. The van der Waals surface area contributed by atoms with Crippen molar-refractivity contribution in [1.29, 1.82) is 0 Å². The molecule has 0 unspecified atom stereocenters. The van der Waals surface area contributed by atoms with E-state index in [1.54, 1.807) is 0 Å². The minimum atomic E-state index is -3.34. The van der Waals surface area contributed by atoms with Crippen LogP contribution in [0.1, 0.15) is 12.5 Å². The van der Waals surface area contributed by atoms with E-state index in [1.807, 2.05) is 6.92 Å². The fourth-order valence-corrected chi connectivity index (χ4v) is 0.959. The third-order valence-electron chi connectivity index (χ3n) is 1.45. The Labute approximate surface area is 79.9 Å². The first-order valence-corrected chi connectivity index (χ1v) is 4.19. The number of alkyl halides is 3. The molecule has 0 aliphatic heterocycles. The molecule has 0 fully saturated rings.